The average Bonchev–Trinajstić information content (AvgIpc) is 2.86. The molecule has 1 unspecified atom stereocenters. The zero-order chi connectivity index (χ0) is 25.0. The lowest BCUT2D eigenvalue weighted by Gasteiger charge is -2.19. The summed E-state index contributed by atoms with van der Waals surface area (Å²) in [5.74, 6) is -0.0861. The predicted molar refractivity (Wildman–Crippen MR) is 134 cm³/mol. The summed E-state index contributed by atoms with van der Waals surface area (Å²) in [5, 5.41) is 13.2. The second-order valence-corrected chi connectivity index (χ2v) is 8.05. The van der Waals surface area contributed by atoms with Crippen LogP contribution >= 0.6 is 0 Å². The first kappa shape index (κ1) is 25.6. The van der Waals surface area contributed by atoms with E-state index in [0.717, 1.165) is 12.0 Å². The Bertz CT molecular complexity index is 1120. The van der Waals surface area contributed by atoms with Crippen molar-refractivity contribution in [3.8, 4) is 11.5 Å². The molecule has 7 nitrogen and oxygen atoms in total. The summed E-state index contributed by atoms with van der Waals surface area (Å²) >= 11 is 0. The van der Waals surface area contributed by atoms with E-state index in [9.17, 15) is 14.0 Å². The largest absolute Gasteiger partial charge is 0.457 e. The normalized spacial score (nSPS) is 11.4. The molecule has 182 valence electrons. The van der Waals surface area contributed by atoms with Crippen LogP contribution in [0, 0.1) is 11.2 Å². The van der Waals surface area contributed by atoms with Gasteiger partial charge in [0, 0.05) is 17.9 Å². The molecule has 0 aliphatic heterocycles. The lowest BCUT2D eigenvalue weighted by atomic mass is 10.0. The molecule has 1 atom stereocenters. The van der Waals surface area contributed by atoms with Gasteiger partial charge in [0.25, 0.3) is 0 Å². The first-order valence-corrected chi connectivity index (χ1v) is 11.4. The molecule has 0 spiro atoms. The fourth-order valence-corrected chi connectivity index (χ4v) is 3.41. The number of aryl methyl sites for hydroxylation is 1. The maximum atomic E-state index is 13.1. The van der Waals surface area contributed by atoms with Gasteiger partial charge < -0.3 is 26.5 Å². The third kappa shape index (κ3) is 8.68. The van der Waals surface area contributed by atoms with E-state index in [1.54, 1.807) is 24.3 Å². The van der Waals surface area contributed by atoms with E-state index in [-0.39, 0.29) is 30.4 Å². The average molecular weight is 477 g/mol. The monoisotopic (exact) mass is 476 g/mol. The number of amides is 2. The Labute approximate surface area is 204 Å². The first-order valence-electron chi connectivity index (χ1n) is 11.4. The SMILES string of the molecule is N=C(CN)CC(=O)NC(CCCc1ccccc1)C(=O)Nc1ccc(Oc2ccc(F)cc2)cc1. The molecule has 0 aromatic heterocycles. The Morgan fingerprint density at radius 1 is 0.943 bits per heavy atom. The predicted octanol–water partition coefficient (Wildman–Crippen LogP) is 4.43. The van der Waals surface area contributed by atoms with Crippen molar-refractivity contribution in [2.75, 3.05) is 11.9 Å². The fourth-order valence-electron chi connectivity index (χ4n) is 3.41. The number of halogens is 1. The number of benzene rings is 3. The molecular formula is C27H29FN4O3. The minimum absolute atomic E-state index is 0.00929. The molecule has 8 heteroatoms. The molecule has 3 aromatic carbocycles. The van der Waals surface area contributed by atoms with E-state index >= 15 is 0 Å². The molecule has 0 aliphatic rings. The summed E-state index contributed by atoms with van der Waals surface area (Å²) in [7, 11) is 0. The van der Waals surface area contributed by atoms with Gasteiger partial charge >= 0.3 is 0 Å². The van der Waals surface area contributed by atoms with Crippen molar-refractivity contribution in [1.82, 2.24) is 5.32 Å². The standard InChI is InChI=1S/C27H29FN4O3/c28-20-9-13-23(14-10-20)35-24-15-11-22(12-16-24)31-27(34)25(32-26(33)17-21(30)18-29)8-4-7-19-5-2-1-3-6-19/h1-3,5-6,9-16,25,30H,4,7-8,17-18,29H2,(H,31,34)(H,32,33). The molecule has 3 aromatic rings. The molecule has 3 rings (SSSR count). The maximum absolute atomic E-state index is 13.1. The molecule has 2 amide bonds. The summed E-state index contributed by atoms with van der Waals surface area (Å²) < 4.78 is 18.7. The van der Waals surface area contributed by atoms with E-state index in [1.165, 1.54) is 24.3 Å². The van der Waals surface area contributed by atoms with Gasteiger partial charge in [0.1, 0.15) is 23.4 Å². The number of nitrogens with one attached hydrogen (secondary N) is 3. The summed E-state index contributed by atoms with van der Waals surface area (Å²) in [6.07, 6.45) is 1.76. The van der Waals surface area contributed by atoms with Crippen molar-refractivity contribution >= 4 is 23.2 Å². The molecular weight excluding hydrogens is 447 g/mol. The topological polar surface area (TPSA) is 117 Å². The van der Waals surface area contributed by atoms with Gasteiger partial charge in [-0.15, -0.1) is 0 Å². The Morgan fingerprint density at radius 3 is 2.20 bits per heavy atom. The molecule has 0 aliphatic carbocycles. The van der Waals surface area contributed by atoms with Gasteiger partial charge in [0.15, 0.2) is 0 Å². The highest BCUT2D eigenvalue weighted by atomic mass is 19.1. The lowest BCUT2D eigenvalue weighted by molar-refractivity contribution is -0.125. The van der Waals surface area contributed by atoms with Gasteiger partial charge in [-0.3, -0.25) is 9.59 Å². The minimum Gasteiger partial charge on any atom is -0.457 e. The Morgan fingerprint density at radius 2 is 1.57 bits per heavy atom. The van der Waals surface area contributed by atoms with Crippen molar-refractivity contribution < 1.29 is 18.7 Å². The van der Waals surface area contributed by atoms with Crippen LogP contribution in [0.15, 0.2) is 78.9 Å². The third-order valence-electron chi connectivity index (χ3n) is 5.24. The minimum atomic E-state index is -0.757. The van der Waals surface area contributed by atoms with Gasteiger partial charge in [0.2, 0.25) is 11.8 Å². The number of carbonyl (C=O) groups excluding carboxylic acids is 2. The van der Waals surface area contributed by atoms with E-state index < -0.39 is 11.9 Å². The second kappa shape index (κ2) is 13.0. The van der Waals surface area contributed by atoms with Crippen LogP contribution in [-0.2, 0) is 16.0 Å². The van der Waals surface area contributed by atoms with Crippen molar-refractivity contribution in [2.45, 2.75) is 31.7 Å². The molecule has 0 saturated heterocycles. The molecule has 0 fully saturated rings. The third-order valence-corrected chi connectivity index (χ3v) is 5.24. The maximum Gasteiger partial charge on any atom is 0.246 e. The van der Waals surface area contributed by atoms with Crippen molar-refractivity contribution in [3.05, 3.63) is 90.2 Å². The number of anilines is 1. The van der Waals surface area contributed by atoms with E-state index in [2.05, 4.69) is 10.6 Å². The van der Waals surface area contributed by atoms with Crippen LogP contribution in [0.25, 0.3) is 0 Å². The fraction of sp³-hybridized carbons (Fsp3) is 0.222. The summed E-state index contributed by atoms with van der Waals surface area (Å²) in [6.45, 7) is -0.00929. The quantitative estimate of drug-likeness (QED) is 0.289. The van der Waals surface area contributed by atoms with Crippen LogP contribution < -0.4 is 21.1 Å². The van der Waals surface area contributed by atoms with E-state index in [4.69, 9.17) is 15.9 Å². The highest BCUT2D eigenvalue weighted by Gasteiger charge is 2.21. The lowest BCUT2D eigenvalue weighted by Crippen LogP contribution is -2.44. The number of rotatable bonds is 12. The highest BCUT2D eigenvalue weighted by Crippen LogP contribution is 2.23. The zero-order valence-corrected chi connectivity index (χ0v) is 19.3. The van der Waals surface area contributed by atoms with Crippen molar-refractivity contribution in [2.24, 2.45) is 5.73 Å². The van der Waals surface area contributed by atoms with Gasteiger partial charge in [-0.25, -0.2) is 4.39 Å². The van der Waals surface area contributed by atoms with Crippen LogP contribution in [0.3, 0.4) is 0 Å². The Balaban J connectivity index is 1.60. The molecule has 5 N–H and O–H groups in total. The Hall–Kier alpha value is -4.04. The number of hydrogen-bond acceptors (Lipinski definition) is 5. The highest BCUT2D eigenvalue weighted by molar-refractivity contribution is 6.03. The number of hydrogen-bond donors (Lipinski definition) is 4. The van der Waals surface area contributed by atoms with Crippen LogP contribution in [0.2, 0.25) is 0 Å². The molecule has 0 radical (unpaired) electrons. The molecule has 0 heterocycles. The zero-order valence-electron chi connectivity index (χ0n) is 19.3. The summed E-state index contributed by atoms with van der Waals surface area (Å²) in [6, 6.07) is 21.6. The van der Waals surface area contributed by atoms with Crippen LogP contribution in [0.4, 0.5) is 10.1 Å². The summed E-state index contributed by atoms with van der Waals surface area (Å²) in [5.41, 5.74) is 7.21. The Kier molecular flexibility index (Phi) is 9.50. The van der Waals surface area contributed by atoms with Crippen LogP contribution in [0.1, 0.15) is 24.8 Å². The number of carbonyl (C=O) groups is 2. The van der Waals surface area contributed by atoms with Gasteiger partial charge in [-0.05, 0) is 73.4 Å². The van der Waals surface area contributed by atoms with Crippen LogP contribution in [-0.4, -0.2) is 30.1 Å². The van der Waals surface area contributed by atoms with Crippen molar-refractivity contribution in [1.29, 1.82) is 5.41 Å². The van der Waals surface area contributed by atoms with Gasteiger partial charge in [-0.2, -0.15) is 0 Å². The van der Waals surface area contributed by atoms with E-state index in [1.807, 2.05) is 30.3 Å². The molecule has 0 bridgehead atoms. The van der Waals surface area contributed by atoms with Gasteiger partial charge in [-0.1, -0.05) is 30.3 Å². The van der Waals surface area contributed by atoms with Crippen LogP contribution in [0.5, 0.6) is 11.5 Å². The molecule has 0 saturated carbocycles. The van der Waals surface area contributed by atoms with Crippen molar-refractivity contribution in [3.63, 3.8) is 0 Å². The first-order chi connectivity index (χ1) is 16.9. The second-order valence-electron chi connectivity index (χ2n) is 8.05. The number of ether oxygens (including phenoxy) is 1. The van der Waals surface area contributed by atoms with Gasteiger partial charge in [0.05, 0.1) is 6.42 Å². The number of nitrogens with two attached hydrogens (primary N) is 1. The summed E-state index contributed by atoms with van der Waals surface area (Å²) in [4.78, 5) is 25.3. The smallest absolute Gasteiger partial charge is 0.246 e. The molecule has 35 heavy (non-hydrogen) atoms. The van der Waals surface area contributed by atoms with E-state index in [0.29, 0.717) is 30.0 Å².